The molecule has 3 aromatic carbocycles. The smallest absolute Gasteiger partial charge is 0.263 e. The molecule has 40 heavy (non-hydrogen) atoms. The molecule has 0 amide bonds. The van der Waals surface area contributed by atoms with Crippen molar-refractivity contribution in [1.82, 2.24) is 19.5 Å². The minimum absolute atomic E-state index is 0.242. The van der Waals surface area contributed by atoms with Gasteiger partial charge in [-0.1, -0.05) is 54.1 Å². The summed E-state index contributed by atoms with van der Waals surface area (Å²) in [6.45, 7) is 3.54. The molecule has 9 heteroatoms. The van der Waals surface area contributed by atoms with E-state index in [-0.39, 0.29) is 16.8 Å². The number of anilines is 1. The minimum atomic E-state index is -0.556. The Balaban J connectivity index is 1.62. The lowest BCUT2D eigenvalue weighted by atomic mass is 9.96. The average molecular weight is 552 g/mol. The number of nitrogens with one attached hydrogen (secondary N) is 2. The molecule has 2 N–H and O–H groups in total. The molecule has 0 aliphatic rings. The summed E-state index contributed by atoms with van der Waals surface area (Å²) in [7, 11) is 0. The van der Waals surface area contributed by atoms with Gasteiger partial charge in [-0.2, -0.15) is 0 Å². The van der Waals surface area contributed by atoms with Crippen molar-refractivity contribution < 1.29 is 4.39 Å². The summed E-state index contributed by atoms with van der Waals surface area (Å²) in [5, 5.41) is 4.94. The van der Waals surface area contributed by atoms with Crippen LogP contribution >= 0.6 is 11.6 Å². The van der Waals surface area contributed by atoms with Gasteiger partial charge < -0.3 is 10.3 Å². The van der Waals surface area contributed by atoms with E-state index in [0.29, 0.717) is 60.7 Å². The van der Waals surface area contributed by atoms with E-state index >= 15 is 0 Å². The fourth-order valence-corrected chi connectivity index (χ4v) is 5.49. The van der Waals surface area contributed by atoms with Gasteiger partial charge >= 0.3 is 0 Å². The highest BCUT2D eigenvalue weighted by Gasteiger charge is 2.24. The highest BCUT2D eigenvalue weighted by molar-refractivity contribution is 6.36. The fraction of sp³-hybridized carbons (Fsp3) is 0.0968. The number of H-pyrrole nitrogens is 1. The number of benzene rings is 3. The average Bonchev–Trinajstić information content (AvgIpc) is 2.96. The van der Waals surface area contributed by atoms with Crippen LogP contribution in [-0.2, 0) is 0 Å². The van der Waals surface area contributed by atoms with Crippen LogP contribution < -0.4 is 16.3 Å². The summed E-state index contributed by atoms with van der Waals surface area (Å²) in [6, 6.07) is 20.3. The number of aryl methyl sites for hydroxylation is 1. The van der Waals surface area contributed by atoms with Crippen molar-refractivity contribution in [2.24, 2.45) is 0 Å². The number of pyridine rings is 2. The van der Waals surface area contributed by atoms with E-state index < -0.39 is 6.04 Å². The van der Waals surface area contributed by atoms with E-state index in [1.165, 1.54) is 24.7 Å². The Bertz CT molecular complexity index is 2030. The SMILES string of the molecule is Cc1cc(-c2cccc3c(Cl)c([C@H](C)Nc4ncnc5[nH]ccc(=O)c45)n(-c4ccccc4)c(=O)c23)ccc1F. The van der Waals surface area contributed by atoms with Crippen LogP contribution in [0, 0.1) is 12.7 Å². The standard InChI is InChI=1S/C31H23ClFN5O2/c1-17-15-19(11-12-23(17)33)21-9-6-10-22-25(21)31(40)38(20-7-4-3-5-8-20)28(27(22)32)18(2)37-30-26-24(39)13-14-34-29(26)35-16-36-30/h3-16,18H,1-2H3,(H2,34,35,36,37,39)/t18-/m0/s1. The second kappa shape index (κ2) is 10.1. The van der Waals surface area contributed by atoms with Crippen molar-refractivity contribution in [1.29, 1.82) is 0 Å². The highest BCUT2D eigenvalue weighted by Crippen LogP contribution is 2.36. The predicted molar refractivity (Wildman–Crippen MR) is 157 cm³/mol. The Labute approximate surface area is 232 Å². The molecule has 7 nitrogen and oxygen atoms in total. The van der Waals surface area contributed by atoms with E-state index in [4.69, 9.17) is 11.6 Å². The Morgan fingerprint density at radius 1 is 0.975 bits per heavy atom. The van der Waals surface area contributed by atoms with Gasteiger partial charge in [-0.25, -0.2) is 14.4 Å². The number of nitrogens with zero attached hydrogens (tertiary/aromatic N) is 3. The van der Waals surface area contributed by atoms with Gasteiger partial charge in [0.15, 0.2) is 5.43 Å². The molecule has 198 valence electrons. The molecule has 6 rings (SSSR count). The molecule has 3 aromatic heterocycles. The van der Waals surface area contributed by atoms with Gasteiger partial charge in [0.25, 0.3) is 5.56 Å². The molecule has 0 aliphatic carbocycles. The van der Waals surface area contributed by atoms with Crippen LogP contribution in [0.25, 0.3) is 38.6 Å². The molecule has 0 radical (unpaired) electrons. The Kier molecular flexibility index (Phi) is 6.40. The first-order valence-corrected chi connectivity index (χ1v) is 13.0. The van der Waals surface area contributed by atoms with Gasteiger partial charge in [-0.3, -0.25) is 14.2 Å². The summed E-state index contributed by atoms with van der Waals surface area (Å²) in [5.74, 6) is 0.0000884. The number of hydrogen-bond acceptors (Lipinski definition) is 5. The number of rotatable bonds is 5. The van der Waals surface area contributed by atoms with Gasteiger partial charge in [0.1, 0.15) is 29.0 Å². The maximum absolute atomic E-state index is 14.4. The van der Waals surface area contributed by atoms with E-state index in [2.05, 4.69) is 20.3 Å². The summed E-state index contributed by atoms with van der Waals surface area (Å²) in [4.78, 5) is 38.5. The first-order valence-electron chi connectivity index (χ1n) is 12.6. The van der Waals surface area contributed by atoms with Crippen LogP contribution in [0.2, 0.25) is 5.02 Å². The van der Waals surface area contributed by atoms with Gasteiger partial charge in [0.2, 0.25) is 0 Å². The monoisotopic (exact) mass is 551 g/mol. The molecule has 0 spiro atoms. The lowest BCUT2D eigenvalue weighted by Crippen LogP contribution is -2.27. The lowest BCUT2D eigenvalue weighted by Gasteiger charge is -2.24. The van der Waals surface area contributed by atoms with Gasteiger partial charge in [0, 0.05) is 23.3 Å². The third kappa shape index (κ3) is 4.23. The summed E-state index contributed by atoms with van der Waals surface area (Å²) >= 11 is 7.13. The van der Waals surface area contributed by atoms with Crippen LogP contribution in [0.3, 0.4) is 0 Å². The molecule has 6 aromatic rings. The minimum Gasteiger partial charge on any atom is -0.361 e. The first-order chi connectivity index (χ1) is 19.3. The third-order valence-electron chi connectivity index (χ3n) is 6.98. The van der Waals surface area contributed by atoms with Crippen LogP contribution in [-0.4, -0.2) is 19.5 Å². The van der Waals surface area contributed by atoms with Crippen molar-refractivity contribution in [3.63, 3.8) is 0 Å². The molecular weight excluding hydrogens is 529 g/mol. The summed E-state index contributed by atoms with van der Waals surface area (Å²) in [5.41, 5.74) is 2.82. The van der Waals surface area contributed by atoms with E-state index in [9.17, 15) is 14.0 Å². The molecule has 1 atom stereocenters. The quantitative estimate of drug-likeness (QED) is 0.253. The largest absolute Gasteiger partial charge is 0.361 e. The molecule has 3 heterocycles. The highest BCUT2D eigenvalue weighted by atomic mass is 35.5. The molecule has 0 unspecified atom stereocenters. The van der Waals surface area contributed by atoms with Crippen molar-refractivity contribution in [3.8, 4) is 16.8 Å². The number of aromatic nitrogens is 4. The zero-order valence-electron chi connectivity index (χ0n) is 21.6. The zero-order valence-corrected chi connectivity index (χ0v) is 22.3. The van der Waals surface area contributed by atoms with Crippen molar-refractivity contribution >= 4 is 39.2 Å². The van der Waals surface area contributed by atoms with Crippen LogP contribution in [0.4, 0.5) is 10.2 Å². The van der Waals surface area contributed by atoms with E-state index in [0.717, 1.165) is 0 Å². The normalized spacial score (nSPS) is 12.1. The van der Waals surface area contributed by atoms with Crippen molar-refractivity contribution in [3.05, 3.63) is 128 Å². The van der Waals surface area contributed by atoms with Gasteiger partial charge in [-0.05, 0) is 54.8 Å². The second-order valence-corrected chi connectivity index (χ2v) is 9.90. The Hall–Kier alpha value is -4.82. The first kappa shape index (κ1) is 25.5. The van der Waals surface area contributed by atoms with Crippen LogP contribution in [0.15, 0.2) is 94.9 Å². The Morgan fingerprint density at radius 3 is 2.55 bits per heavy atom. The van der Waals surface area contributed by atoms with Crippen molar-refractivity contribution in [2.75, 3.05) is 5.32 Å². The second-order valence-electron chi connectivity index (χ2n) is 9.52. The van der Waals surface area contributed by atoms with Crippen molar-refractivity contribution in [2.45, 2.75) is 19.9 Å². The van der Waals surface area contributed by atoms with Crippen LogP contribution in [0.1, 0.15) is 24.2 Å². The number of fused-ring (bicyclic) bond motifs is 2. The number of halogens is 2. The van der Waals surface area contributed by atoms with E-state index in [1.54, 1.807) is 29.7 Å². The van der Waals surface area contributed by atoms with Gasteiger partial charge in [0.05, 0.1) is 22.1 Å². The number of aromatic amines is 1. The third-order valence-corrected chi connectivity index (χ3v) is 7.38. The lowest BCUT2D eigenvalue weighted by molar-refractivity contribution is 0.619. The molecule has 0 aliphatic heterocycles. The predicted octanol–water partition coefficient (Wildman–Crippen LogP) is 6.56. The topological polar surface area (TPSA) is 92.7 Å². The summed E-state index contributed by atoms with van der Waals surface area (Å²) in [6.07, 6.45) is 2.88. The Morgan fingerprint density at radius 2 is 1.77 bits per heavy atom. The maximum Gasteiger partial charge on any atom is 0.263 e. The molecular formula is C31H23ClFN5O2. The molecule has 0 fully saturated rings. The fourth-order valence-electron chi connectivity index (χ4n) is 5.08. The number of hydrogen-bond donors (Lipinski definition) is 2. The summed E-state index contributed by atoms with van der Waals surface area (Å²) < 4.78 is 15.7. The van der Waals surface area contributed by atoms with Crippen LogP contribution in [0.5, 0.6) is 0 Å². The van der Waals surface area contributed by atoms with E-state index in [1.807, 2.05) is 49.4 Å². The number of para-hydroxylation sites is 1. The molecule has 0 saturated heterocycles. The molecule has 0 saturated carbocycles. The maximum atomic E-state index is 14.4. The molecule has 0 bridgehead atoms. The van der Waals surface area contributed by atoms with Gasteiger partial charge in [-0.15, -0.1) is 0 Å². The zero-order chi connectivity index (χ0) is 28.0.